The van der Waals surface area contributed by atoms with Gasteiger partial charge in [0.25, 0.3) is 0 Å². The Labute approximate surface area is 126 Å². The van der Waals surface area contributed by atoms with Gasteiger partial charge in [0, 0.05) is 17.6 Å². The molecule has 1 aromatic heterocycles. The van der Waals surface area contributed by atoms with Crippen molar-refractivity contribution in [2.75, 3.05) is 5.73 Å². The molecule has 1 aromatic carbocycles. The summed E-state index contributed by atoms with van der Waals surface area (Å²) in [6.07, 6.45) is 7.80. The maximum atomic E-state index is 5.94. The van der Waals surface area contributed by atoms with Crippen molar-refractivity contribution in [1.29, 1.82) is 0 Å². The molecule has 3 nitrogen and oxygen atoms in total. The quantitative estimate of drug-likeness (QED) is 0.816. The summed E-state index contributed by atoms with van der Waals surface area (Å²) in [5.74, 6) is 2.01. The maximum absolute atomic E-state index is 5.94. The molecule has 1 heterocycles. The molecule has 0 spiro atoms. The molecule has 3 heteroatoms. The van der Waals surface area contributed by atoms with E-state index in [0.717, 1.165) is 11.2 Å². The van der Waals surface area contributed by atoms with E-state index in [4.69, 9.17) is 10.7 Å². The van der Waals surface area contributed by atoms with Crippen molar-refractivity contribution < 1.29 is 0 Å². The van der Waals surface area contributed by atoms with Crippen LogP contribution >= 0.6 is 0 Å². The van der Waals surface area contributed by atoms with Crippen LogP contribution in [0.15, 0.2) is 18.2 Å². The van der Waals surface area contributed by atoms with Crippen LogP contribution in [0.25, 0.3) is 11.0 Å². The van der Waals surface area contributed by atoms with E-state index in [9.17, 15) is 0 Å². The van der Waals surface area contributed by atoms with Crippen molar-refractivity contribution in [2.24, 2.45) is 5.41 Å². The van der Waals surface area contributed by atoms with Crippen LogP contribution in [0.1, 0.15) is 70.2 Å². The Morgan fingerprint density at radius 2 is 1.86 bits per heavy atom. The zero-order valence-corrected chi connectivity index (χ0v) is 13.1. The standard InChI is InChI=1S/C18H25N3/c1-18(2)9-7-14(8-10-18)21-16-6-5-13(19)11-15(16)20-17(21)12-3-4-12/h5-6,11-12,14H,3-4,7-10,19H2,1-2H3. The third-order valence-corrected chi connectivity index (χ3v) is 5.36. The third-order valence-electron chi connectivity index (χ3n) is 5.36. The lowest BCUT2D eigenvalue weighted by Gasteiger charge is -2.35. The van der Waals surface area contributed by atoms with E-state index in [1.807, 2.05) is 12.1 Å². The summed E-state index contributed by atoms with van der Waals surface area (Å²) in [7, 11) is 0. The molecule has 0 unspecified atom stereocenters. The van der Waals surface area contributed by atoms with Gasteiger partial charge in [0.15, 0.2) is 0 Å². The number of imidazole rings is 1. The van der Waals surface area contributed by atoms with E-state index >= 15 is 0 Å². The number of hydrogen-bond acceptors (Lipinski definition) is 2. The predicted molar refractivity (Wildman–Crippen MR) is 87.4 cm³/mol. The lowest BCUT2D eigenvalue weighted by molar-refractivity contribution is 0.194. The van der Waals surface area contributed by atoms with Crippen LogP contribution in [-0.2, 0) is 0 Å². The predicted octanol–water partition coefficient (Wildman–Crippen LogP) is 4.64. The maximum Gasteiger partial charge on any atom is 0.113 e. The van der Waals surface area contributed by atoms with Crippen molar-refractivity contribution in [2.45, 2.75) is 64.3 Å². The average Bonchev–Trinajstić information content (AvgIpc) is 3.21. The molecule has 0 amide bonds. The smallest absolute Gasteiger partial charge is 0.113 e. The Bertz CT molecular complexity index is 669. The second kappa shape index (κ2) is 4.49. The Hall–Kier alpha value is -1.51. The number of benzene rings is 1. The third kappa shape index (κ3) is 2.33. The molecule has 0 atom stereocenters. The highest BCUT2D eigenvalue weighted by Crippen LogP contribution is 2.46. The second-order valence-corrected chi connectivity index (χ2v) is 7.76. The van der Waals surface area contributed by atoms with Crippen LogP contribution < -0.4 is 5.73 Å². The van der Waals surface area contributed by atoms with E-state index in [0.29, 0.717) is 17.4 Å². The van der Waals surface area contributed by atoms with Crippen LogP contribution in [0.5, 0.6) is 0 Å². The van der Waals surface area contributed by atoms with Crippen molar-refractivity contribution in [3.63, 3.8) is 0 Å². The molecule has 2 aromatic rings. The van der Waals surface area contributed by atoms with Gasteiger partial charge >= 0.3 is 0 Å². The summed E-state index contributed by atoms with van der Waals surface area (Å²) in [6, 6.07) is 6.85. The van der Waals surface area contributed by atoms with Crippen molar-refractivity contribution in [1.82, 2.24) is 9.55 Å². The summed E-state index contributed by atoms with van der Waals surface area (Å²) in [4.78, 5) is 4.93. The van der Waals surface area contributed by atoms with Gasteiger partial charge in [-0.3, -0.25) is 0 Å². The second-order valence-electron chi connectivity index (χ2n) is 7.76. The zero-order valence-electron chi connectivity index (χ0n) is 13.1. The molecule has 4 rings (SSSR count). The minimum atomic E-state index is 0.511. The van der Waals surface area contributed by atoms with Gasteiger partial charge in [-0.1, -0.05) is 13.8 Å². The minimum absolute atomic E-state index is 0.511. The number of aromatic nitrogens is 2. The average molecular weight is 283 g/mol. The van der Waals surface area contributed by atoms with Crippen molar-refractivity contribution >= 4 is 16.7 Å². The molecular formula is C18H25N3. The van der Waals surface area contributed by atoms with Gasteiger partial charge in [0.1, 0.15) is 5.82 Å². The number of nitrogens with two attached hydrogens (primary N) is 1. The fourth-order valence-corrected chi connectivity index (χ4v) is 3.79. The summed E-state index contributed by atoms with van der Waals surface area (Å²) in [5, 5.41) is 0. The molecule has 2 saturated carbocycles. The lowest BCUT2D eigenvalue weighted by atomic mass is 9.75. The number of nitrogens with zero attached hydrogens (tertiary/aromatic N) is 2. The van der Waals surface area contributed by atoms with Gasteiger partial charge in [-0.05, 0) is 62.1 Å². The summed E-state index contributed by atoms with van der Waals surface area (Å²) >= 11 is 0. The van der Waals surface area contributed by atoms with E-state index in [2.05, 4.69) is 24.5 Å². The molecule has 112 valence electrons. The van der Waals surface area contributed by atoms with Gasteiger partial charge in [-0.2, -0.15) is 0 Å². The highest BCUT2D eigenvalue weighted by molar-refractivity contribution is 5.80. The first-order chi connectivity index (χ1) is 10.0. The molecule has 2 fully saturated rings. The molecule has 0 aliphatic heterocycles. The molecule has 2 aliphatic rings. The highest BCUT2D eigenvalue weighted by atomic mass is 15.1. The topological polar surface area (TPSA) is 43.8 Å². The van der Waals surface area contributed by atoms with Gasteiger partial charge in [0.05, 0.1) is 11.0 Å². The SMILES string of the molecule is CC1(C)CCC(n2c(C3CC3)nc3cc(N)ccc32)CC1. The van der Waals surface area contributed by atoms with E-state index in [1.165, 1.54) is 49.9 Å². The first-order valence-electron chi connectivity index (χ1n) is 8.31. The normalized spacial score (nSPS) is 22.8. The fourth-order valence-electron chi connectivity index (χ4n) is 3.79. The molecule has 0 bridgehead atoms. The van der Waals surface area contributed by atoms with Gasteiger partial charge < -0.3 is 10.3 Å². The van der Waals surface area contributed by atoms with E-state index in [-0.39, 0.29) is 0 Å². The van der Waals surface area contributed by atoms with Crippen LogP contribution in [0.3, 0.4) is 0 Å². The fraction of sp³-hybridized carbons (Fsp3) is 0.611. The number of nitrogen functional groups attached to an aromatic ring is 1. The van der Waals surface area contributed by atoms with Gasteiger partial charge in [-0.25, -0.2) is 4.98 Å². The summed E-state index contributed by atoms with van der Waals surface area (Å²) < 4.78 is 2.56. The Kier molecular flexibility index (Phi) is 2.82. The number of hydrogen-bond donors (Lipinski definition) is 1. The number of rotatable bonds is 2. The zero-order chi connectivity index (χ0) is 14.6. The Balaban J connectivity index is 1.77. The summed E-state index contributed by atoms with van der Waals surface area (Å²) in [5.41, 5.74) is 9.64. The molecule has 0 saturated heterocycles. The largest absolute Gasteiger partial charge is 0.399 e. The van der Waals surface area contributed by atoms with Crippen LogP contribution in [-0.4, -0.2) is 9.55 Å². The van der Waals surface area contributed by atoms with Crippen molar-refractivity contribution in [3.8, 4) is 0 Å². The molecule has 0 radical (unpaired) electrons. The van der Waals surface area contributed by atoms with Gasteiger partial charge in [-0.15, -0.1) is 0 Å². The van der Waals surface area contributed by atoms with Crippen LogP contribution in [0.4, 0.5) is 5.69 Å². The first kappa shape index (κ1) is 13.2. The molecule has 21 heavy (non-hydrogen) atoms. The van der Waals surface area contributed by atoms with Crippen LogP contribution in [0, 0.1) is 5.41 Å². The summed E-state index contributed by atoms with van der Waals surface area (Å²) in [6.45, 7) is 4.80. The Morgan fingerprint density at radius 1 is 1.14 bits per heavy atom. The monoisotopic (exact) mass is 283 g/mol. The first-order valence-corrected chi connectivity index (χ1v) is 8.31. The number of fused-ring (bicyclic) bond motifs is 1. The molecular weight excluding hydrogens is 258 g/mol. The Morgan fingerprint density at radius 3 is 2.52 bits per heavy atom. The molecule has 2 aliphatic carbocycles. The lowest BCUT2D eigenvalue weighted by Crippen LogP contribution is -2.24. The minimum Gasteiger partial charge on any atom is -0.399 e. The number of anilines is 1. The van der Waals surface area contributed by atoms with Crippen LogP contribution in [0.2, 0.25) is 0 Å². The van der Waals surface area contributed by atoms with E-state index < -0.39 is 0 Å². The molecule has 2 N–H and O–H groups in total. The van der Waals surface area contributed by atoms with Gasteiger partial charge in [0.2, 0.25) is 0 Å². The van der Waals surface area contributed by atoms with E-state index in [1.54, 1.807) is 0 Å². The van der Waals surface area contributed by atoms with Crippen molar-refractivity contribution in [3.05, 3.63) is 24.0 Å². The highest BCUT2D eigenvalue weighted by Gasteiger charge is 2.34.